The normalized spacial score (nSPS) is 15.2. The number of hydrogen-bond acceptors (Lipinski definition) is 4. The van der Waals surface area contributed by atoms with Gasteiger partial charge in [-0.1, -0.05) is 37.3 Å². The van der Waals surface area contributed by atoms with Crippen molar-refractivity contribution in [3.05, 3.63) is 35.9 Å². The summed E-state index contributed by atoms with van der Waals surface area (Å²) in [6.45, 7) is 2.63. The fraction of sp³-hybridized carbons (Fsp3) is 0.533. The summed E-state index contributed by atoms with van der Waals surface area (Å²) < 4.78 is 4.57. The summed E-state index contributed by atoms with van der Waals surface area (Å²) in [6.07, 6.45) is 1.59. The number of primary amides is 1. The lowest BCUT2D eigenvalue weighted by Crippen LogP contribution is -2.20. The van der Waals surface area contributed by atoms with Gasteiger partial charge in [0.05, 0.1) is 0 Å². The highest BCUT2D eigenvalue weighted by molar-refractivity contribution is 5.64. The molecule has 5 nitrogen and oxygen atoms in total. The second-order valence-corrected chi connectivity index (χ2v) is 5.31. The molecule has 5 heteroatoms. The van der Waals surface area contributed by atoms with Gasteiger partial charge in [-0.2, -0.15) is 0 Å². The molecule has 112 valence electrons. The van der Waals surface area contributed by atoms with Crippen LogP contribution in [0.25, 0.3) is 0 Å². The molecule has 0 bridgehead atoms. The highest BCUT2D eigenvalue weighted by atomic mass is 16.5. The first kappa shape index (κ1) is 16.5. The van der Waals surface area contributed by atoms with E-state index in [9.17, 15) is 4.79 Å². The van der Waals surface area contributed by atoms with Gasteiger partial charge in [-0.3, -0.25) is 0 Å². The minimum Gasteiger partial charge on any atom is -0.445 e. The smallest absolute Gasteiger partial charge is 0.404 e. The van der Waals surface area contributed by atoms with Crippen molar-refractivity contribution in [3.63, 3.8) is 0 Å². The van der Waals surface area contributed by atoms with E-state index < -0.39 is 6.09 Å². The average molecular weight is 281 g/mol. The van der Waals surface area contributed by atoms with E-state index in [0.29, 0.717) is 0 Å². The zero-order valence-corrected chi connectivity index (χ0v) is 11.8. The number of nitrogens with two attached hydrogens (primary N) is 1. The van der Waals surface area contributed by atoms with Crippen LogP contribution in [0.5, 0.6) is 0 Å². The van der Waals surface area contributed by atoms with Crippen LogP contribution in [0, 0.1) is 11.3 Å². The number of amides is 1. The molecule has 0 heterocycles. The first-order chi connectivity index (χ1) is 9.51. The van der Waals surface area contributed by atoms with E-state index in [0.717, 1.165) is 5.56 Å². The van der Waals surface area contributed by atoms with Crippen molar-refractivity contribution in [2.24, 2.45) is 17.1 Å². The summed E-state index contributed by atoms with van der Waals surface area (Å²) in [5.74, 6) is 0.123. The number of hydrogen-bond donors (Lipinski definition) is 3. The summed E-state index contributed by atoms with van der Waals surface area (Å²) in [5.41, 5.74) is 5.98. The second-order valence-electron chi connectivity index (χ2n) is 5.31. The van der Waals surface area contributed by atoms with Crippen molar-refractivity contribution < 1.29 is 19.7 Å². The maximum atomic E-state index is 10.2. The molecule has 0 atom stereocenters. The lowest BCUT2D eigenvalue weighted by molar-refractivity contribution is 0.103. The Kier molecular flexibility index (Phi) is 6.48. The number of ether oxygens (including phenoxy) is 1. The molecule has 1 aromatic rings. The van der Waals surface area contributed by atoms with Crippen molar-refractivity contribution in [1.82, 2.24) is 0 Å². The third-order valence-electron chi connectivity index (χ3n) is 3.69. The van der Waals surface area contributed by atoms with Crippen LogP contribution in [0.4, 0.5) is 4.79 Å². The van der Waals surface area contributed by atoms with Gasteiger partial charge in [0, 0.05) is 19.1 Å². The largest absolute Gasteiger partial charge is 0.445 e. The fourth-order valence-electron chi connectivity index (χ4n) is 1.83. The number of rotatable bonds is 5. The highest BCUT2D eigenvalue weighted by Crippen LogP contribution is 2.51. The molecule has 1 saturated carbocycles. The Bertz CT molecular complexity index is 400. The maximum absolute atomic E-state index is 10.2. The van der Waals surface area contributed by atoms with Gasteiger partial charge in [0.1, 0.15) is 6.61 Å². The molecule has 1 aliphatic carbocycles. The van der Waals surface area contributed by atoms with E-state index in [1.54, 1.807) is 0 Å². The quantitative estimate of drug-likeness (QED) is 0.765. The Labute approximate surface area is 119 Å². The highest BCUT2D eigenvalue weighted by Gasteiger charge is 2.43. The van der Waals surface area contributed by atoms with Crippen molar-refractivity contribution in [2.75, 3.05) is 13.2 Å². The lowest BCUT2D eigenvalue weighted by Gasteiger charge is -2.17. The van der Waals surface area contributed by atoms with E-state index in [-0.39, 0.29) is 31.2 Å². The summed E-state index contributed by atoms with van der Waals surface area (Å²) in [4.78, 5) is 10.2. The average Bonchev–Trinajstić information content (AvgIpc) is 3.18. The van der Waals surface area contributed by atoms with Crippen LogP contribution in [0.15, 0.2) is 30.3 Å². The van der Waals surface area contributed by atoms with Gasteiger partial charge < -0.3 is 20.7 Å². The lowest BCUT2D eigenvalue weighted by atomic mass is 9.93. The number of carbonyl (C=O) groups is 1. The summed E-state index contributed by atoms with van der Waals surface area (Å²) in [7, 11) is 0. The van der Waals surface area contributed by atoms with Crippen LogP contribution in [0.1, 0.15) is 25.3 Å². The Hall–Kier alpha value is -1.59. The van der Waals surface area contributed by atoms with E-state index in [4.69, 9.17) is 15.9 Å². The van der Waals surface area contributed by atoms with E-state index in [2.05, 4.69) is 11.7 Å². The van der Waals surface area contributed by atoms with Gasteiger partial charge in [0.25, 0.3) is 0 Å². The van der Waals surface area contributed by atoms with Gasteiger partial charge >= 0.3 is 6.09 Å². The molecule has 4 N–H and O–H groups in total. The fourth-order valence-corrected chi connectivity index (χ4v) is 1.83. The molecule has 0 spiro atoms. The predicted molar refractivity (Wildman–Crippen MR) is 75.8 cm³/mol. The predicted octanol–water partition coefficient (Wildman–Crippen LogP) is 1.67. The Balaban J connectivity index is 0.000000204. The zero-order chi connectivity index (χ0) is 15.0. The van der Waals surface area contributed by atoms with E-state index in [1.807, 2.05) is 30.3 Å². The maximum Gasteiger partial charge on any atom is 0.404 e. The summed E-state index contributed by atoms with van der Waals surface area (Å²) >= 11 is 0. The molecule has 1 aliphatic rings. The number of aliphatic hydroxyl groups excluding tert-OH is 2. The third-order valence-corrected chi connectivity index (χ3v) is 3.69. The van der Waals surface area contributed by atoms with Gasteiger partial charge in [0.2, 0.25) is 0 Å². The van der Waals surface area contributed by atoms with Crippen LogP contribution in [0.3, 0.4) is 0 Å². The summed E-state index contributed by atoms with van der Waals surface area (Å²) in [6, 6.07) is 9.37. The van der Waals surface area contributed by atoms with Crippen LogP contribution in [0.2, 0.25) is 0 Å². The van der Waals surface area contributed by atoms with Crippen molar-refractivity contribution in [2.45, 2.75) is 26.4 Å². The molecule has 1 amide bonds. The first-order valence-corrected chi connectivity index (χ1v) is 6.69. The number of benzene rings is 1. The van der Waals surface area contributed by atoms with Gasteiger partial charge in [-0.25, -0.2) is 4.79 Å². The van der Waals surface area contributed by atoms with Gasteiger partial charge in [0.15, 0.2) is 0 Å². The Morgan fingerprint density at radius 3 is 2.20 bits per heavy atom. The Morgan fingerprint density at radius 1 is 1.30 bits per heavy atom. The molecular formula is C15H23NO4. The van der Waals surface area contributed by atoms with Crippen molar-refractivity contribution in [3.8, 4) is 0 Å². The number of carbonyl (C=O) groups excluding carboxylic acids is 1. The molecule has 20 heavy (non-hydrogen) atoms. The number of aliphatic hydroxyl groups is 2. The van der Waals surface area contributed by atoms with E-state index >= 15 is 0 Å². The molecule has 0 radical (unpaired) electrons. The third kappa shape index (κ3) is 5.59. The molecule has 1 fully saturated rings. The van der Waals surface area contributed by atoms with Crippen molar-refractivity contribution >= 4 is 6.09 Å². The van der Waals surface area contributed by atoms with Crippen LogP contribution in [-0.2, 0) is 11.3 Å². The van der Waals surface area contributed by atoms with Gasteiger partial charge in [-0.15, -0.1) is 0 Å². The standard InChI is InChI=1S/C8H9NO2.C7H14O2/c9-8(10)11-6-7-4-2-1-3-5-7;1-7(2-3-7)6(4-8)5-9/h1-5H,6H2,(H2,9,10);6,8-9H,2-5H2,1H3. The van der Waals surface area contributed by atoms with Gasteiger partial charge in [-0.05, 0) is 23.8 Å². The molecule has 2 rings (SSSR count). The zero-order valence-electron chi connectivity index (χ0n) is 11.8. The molecule has 0 aromatic heterocycles. The molecular weight excluding hydrogens is 258 g/mol. The molecule has 0 unspecified atom stereocenters. The minimum absolute atomic E-state index is 0.123. The second kappa shape index (κ2) is 7.87. The Morgan fingerprint density at radius 2 is 1.85 bits per heavy atom. The van der Waals surface area contributed by atoms with E-state index in [1.165, 1.54) is 12.8 Å². The molecule has 0 aliphatic heterocycles. The monoisotopic (exact) mass is 281 g/mol. The summed E-state index contributed by atoms with van der Waals surface area (Å²) in [5, 5.41) is 17.5. The molecule has 1 aromatic carbocycles. The van der Waals surface area contributed by atoms with Crippen LogP contribution in [-0.4, -0.2) is 29.5 Å². The minimum atomic E-state index is -0.742. The van der Waals surface area contributed by atoms with Crippen LogP contribution >= 0.6 is 0 Å². The van der Waals surface area contributed by atoms with Crippen molar-refractivity contribution in [1.29, 1.82) is 0 Å². The van der Waals surface area contributed by atoms with Crippen LogP contribution < -0.4 is 5.73 Å². The molecule has 0 saturated heterocycles. The SMILES string of the molecule is CC1(C(CO)CO)CC1.NC(=O)OCc1ccccc1. The first-order valence-electron chi connectivity index (χ1n) is 6.69. The topological polar surface area (TPSA) is 92.8 Å².